The number of nitrogens with one attached hydrogen (secondary N) is 1. The molecule has 7 heteroatoms. The summed E-state index contributed by atoms with van der Waals surface area (Å²) < 4.78 is 39.1. The first-order valence-electron chi connectivity index (χ1n) is 8.72. The van der Waals surface area contributed by atoms with Crippen molar-refractivity contribution in [2.24, 2.45) is 0 Å². The molecule has 0 aliphatic carbocycles. The summed E-state index contributed by atoms with van der Waals surface area (Å²) in [5.41, 5.74) is 3.01. The minimum Gasteiger partial charge on any atom is -0.348 e. The summed E-state index contributed by atoms with van der Waals surface area (Å²) in [7, 11) is -3.82. The van der Waals surface area contributed by atoms with E-state index in [2.05, 4.69) is 5.32 Å². The number of hydrogen-bond acceptors (Lipinski definition) is 3. The molecular weight excluding hydrogens is 367 g/mol. The molecule has 1 N–H and O–H groups in total. The monoisotopic (exact) mass is 392 g/mol. The van der Waals surface area contributed by atoms with Crippen LogP contribution in [0.15, 0.2) is 42.5 Å². The molecule has 0 bridgehead atoms. The van der Waals surface area contributed by atoms with E-state index in [4.69, 9.17) is 0 Å². The number of halogens is 1. The molecule has 146 valence electrons. The lowest BCUT2D eigenvalue weighted by molar-refractivity contribution is -0.120. The third-order valence-electron chi connectivity index (χ3n) is 4.35. The van der Waals surface area contributed by atoms with Gasteiger partial charge in [-0.25, -0.2) is 12.8 Å². The highest BCUT2D eigenvalue weighted by atomic mass is 32.2. The molecule has 0 spiro atoms. The molecule has 2 aromatic carbocycles. The lowest BCUT2D eigenvalue weighted by Gasteiger charge is -2.25. The van der Waals surface area contributed by atoms with Crippen molar-refractivity contribution in [2.75, 3.05) is 17.1 Å². The molecule has 2 rings (SSSR count). The van der Waals surface area contributed by atoms with Crippen molar-refractivity contribution in [1.82, 2.24) is 5.32 Å². The van der Waals surface area contributed by atoms with Gasteiger partial charge in [-0.3, -0.25) is 9.10 Å². The predicted molar refractivity (Wildman–Crippen MR) is 106 cm³/mol. The normalized spacial score (nSPS) is 12.5. The van der Waals surface area contributed by atoms with Gasteiger partial charge >= 0.3 is 0 Å². The average molecular weight is 392 g/mol. The molecule has 0 heterocycles. The number of carbonyl (C=O) groups is 1. The van der Waals surface area contributed by atoms with Crippen molar-refractivity contribution in [3.8, 4) is 0 Å². The third kappa shape index (κ3) is 5.29. The summed E-state index contributed by atoms with van der Waals surface area (Å²) in [4.78, 5) is 12.6. The average Bonchev–Trinajstić information content (AvgIpc) is 2.58. The van der Waals surface area contributed by atoms with Gasteiger partial charge in [0, 0.05) is 0 Å². The largest absolute Gasteiger partial charge is 0.348 e. The SMILES string of the molecule is CC[C@H](NC(=O)CN(c1ccccc1F)S(C)(=O)=O)c1ccc(C)cc1C. The minimum atomic E-state index is -3.82. The number of hydrogen-bond donors (Lipinski definition) is 1. The number of aryl methyl sites for hydroxylation is 2. The molecule has 0 radical (unpaired) electrons. The van der Waals surface area contributed by atoms with Crippen LogP contribution in [0.25, 0.3) is 0 Å². The van der Waals surface area contributed by atoms with Crippen molar-refractivity contribution in [1.29, 1.82) is 0 Å². The zero-order valence-corrected chi connectivity index (χ0v) is 16.8. The van der Waals surface area contributed by atoms with Gasteiger partial charge in [0.15, 0.2) is 0 Å². The Balaban J connectivity index is 2.23. The summed E-state index contributed by atoms with van der Waals surface area (Å²) in [5, 5.41) is 2.87. The lowest BCUT2D eigenvalue weighted by atomic mass is 9.97. The number of rotatable bonds is 7. The lowest BCUT2D eigenvalue weighted by Crippen LogP contribution is -2.42. The summed E-state index contributed by atoms with van der Waals surface area (Å²) in [6.45, 7) is 5.42. The minimum absolute atomic E-state index is 0.144. The molecule has 2 aromatic rings. The molecule has 0 fully saturated rings. The molecule has 0 saturated heterocycles. The van der Waals surface area contributed by atoms with Crippen LogP contribution in [0.3, 0.4) is 0 Å². The van der Waals surface area contributed by atoms with Crippen LogP contribution in [0, 0.1) is 19.7 Å². The van der Waals surface area contributed by atoms with Crippen LogP contribution in [0.2, 0.25) is 0 Å². The second-order valence-electron chi connectivity index (χ2n) is 6.61. The maximum atomic E-state index is 14.1. The van der Waals surface area contributed by atoms with Crippen molar-refractivity contribution in [2.45, 2.75) is 33.2 Å². The van der Waals surface area contributed by atoms with Gasteiger partial charge in [0.1, 0.15) is 12.4 Å². The first-order chi connectivity index (χ1) is 12.6. The summed E-state index contributed by atoms with van der Waals surface area (Å²) in [5.74, 6) is -1.19. The molecule has 0 aliphatic heterocycles. The summed E-state index contributed by atoms with van der Waals surface area (Å²) in [6.07, 6.45) is 1.60. The van der Waals surface area contributed by atoms with Gasteiger partial charge in [0.2, 0.25) is 15.9 Å². The highest BCUT2D eigenvalue weighted by Crippen LogP contribution is 2.23. The maximum Gasteiger partial charge on any atom is 0.241 e. The number of sulfonamides is 1. The van der Waals surface area contributed by atoms with Crippen LogP contribution >= 0.6 is 0 Å². The third-order valence-corrected chi connectivity index (χ3v) is 5.48. The van der Waals surface area contributed by atoms with Crippen LogP contribution in [0.1, 0.15) is 36.1 Å². The standard InChI is InChI=1S/C20H25FN2O3S/c1-5-18(16-11-10-14(2)12-15(16)3)22-20(24)13-23(27(4,25)26)19-9-7-6-8-17(19)21/h6-12,18H,5,13H2,1-4H3,(H,22,24)/t18-/m0/s1. The van der Waals surface area contributed by atoms with E-state index in [0.29, 0.717) is 6.42 Å². The fraction of sp³-hybridized carbons (Fsp3) is 0.350. The zero-order chi connectivity index (χ0) is 20.2. The Hall–Kier alpha value is -2.41. The molecule has 1 atom stereocenters. The topological polar surface area (TPSA) is 66.5 Å². The van der Waals surface area contributed by atoms with Gasteiger partial charge in [-0.15, -0.1) is 0 Å². The first kappa shape index (κ1) is 20.9. The molecule has 27 heavy (non-hydrogen) atoms. The molecule has 0 aliphatic rings. The van der Waals surface area contributed by atoms with Gasteiger partial charge in [-0.2, -0.15) is 0 Å². The van der Waals surface area contributed by atoms with Gasteiger partial charge in [0.05, 0.1) is 18.0 Å². The Bertz CT molecular complexity index is 929. The van der Waals surface area contributed by atoms with Gasteiger partial charge in [0.25, 0.3) is 0 Å². The summed E-state index contributed by atoms with van der Waals surface area (Å²) in [6, 6.07) is 11.2. The van der Waals surface area contributed by atoms with E-state index in [0.717, 1.165) is 33.3 Å². The van der Waals surface area contributed by atoms with E-state index in [-0.39, 0.29) is 11.7 Å². The Kier molecular flexibility index (Phi) is 6.59. The van der Waals surface area contributed by atoms with Gasteiger partial charge in [-0.1, -0.05) is 42.8 Å². The van der Waals surface area contributed by atoms with Crippen LogP contribution < -0.4 is 9.62 Å². The van der Waals surface area contributed by atoms with E-state index < -0.39 is 28.3 Å². The van der Waals surface area contributed by atoms with E-state index in [1.165, 1.54) is 18.2 Å². The van der Waals surface area contributed by atoms with Crippen molar-refractivity contribution < 1.29 is 17.6 Å². The van der Waals surface area contributed by atoms with E-state index in [1.807, 2.05) is 39.0 Å². The summed E-state index contributed by atoms with van der Waals surface area (Å²) >= 11 is 0. The number of amides is 1. The Morgan fingerprint density at radius 2 is 1.85 bits per heavy atom. The van der Waals surface area contributed by atoms with Gasteiger partial charge in [-0.05, 0) is 43.5 Å². The van der Waals surface area contributed by atoms with Crippen LogP contribution in [0.5, 0.6) is 0 Å². The smallest absolute Gasteiger partial charge is 0.241 e. The Morgan fingerprint density at radius 3 is 2.41 bits per heavy atom. The number of carbonyl (C=O) groups excluding carboxylic acids is 1. The fourth-order valence-electron chi connectivity index (χ4n) is 3.02. The van der Waals surface area contributed by atoms with Crippen LogP contribution in [-0.4, -0.2) is 27.1 Å². The first-order valence-corrected chi connectivity index (χ1v) is 10.6. The number of anilines is 1. The van der Waals surface area contributed by atoms with Crippen molar-refractivity contribution in [3.63, 3.8) is 0 Å². The van der Waals surface area contributed by atoms with E-state index in [9.17, 15) is 17.6 Å². The maximum absolute atomic E-state index is 14.1. The number of nitrogens with zero attached hydrogens (tertiary/aromatic N) is 1. The molecule has 0 unspecified atom stereocenters. The second kappa shape index (κ2) is 8.52. The predicted octanol–water partition coefficient (Wildman–Crippen LogP) is 3.48. The molecule has 0 aromatic heterocycles. The zero-order valence-electron chi connectivity index (χ0n) is 16.0. The highest BCUT2D eigenvalue weighted by Gasteiger charge is 2.25. The van der Waals surface area contributed by atoms with Crippen LogP contribution in [0.4, 0.5) is 10.1 Å². The highest BCUT2D eigenvalue weighted by molar-refractivity contribution is 7.92. The quantitative estimate of drug-likeness (QED) is 0.785. The molecule has 0 saturated carbocycles. The molecular formula is C20H25FN2O3S. The van der Waals surface area contributed by atoms with E-state index in [1.54, 1.807) is 0 Å². The molecule has 5 nitrogen and oxygen atoms in total. The second-order valence-corrected chi connectivity index (χ2v) is 8.52. The Morgan fingerprint density at radius 1 is 1.19 bits per heavy atom. The fourth-order valence-corrected chi connectivity index (χ4v) is 3.88. The van der Waals surface area contributed by atoms with E-state index >= 15 is 0 Å². The van der Waals surface area contributed by atoms with Crippen LogP contribution in [-0.2, 0) is 14.8 Å². The van der Waals surface area contributed by atoms with Crippen molar-refractivity contribution >= 4 is 21.6 Å². The number of benzene rings is 2. The number of para-hydroxylation sites is 1. The van der Waals surface area contributed by atoms with Crippen molar-refractivity contribution in [3.05, 3.63) is 65.0 Å². The Labute approximate surface area is 160 Å². The molecule has 1 amide bonds. The van der Waals surface area contributed by atoms with Gasteiger partial charge < -0.3 is 5.32 Å².